The first-order chi connectivity index (χ1) is 9.84. The Labute approximate surface area is 122 Å². The molecule has 100 valence electrons. The van der Waals surface area contributed by atoms with Crippen LogP contribution >= 0.6 is 11.8 Å². The topological polar surface area (TPSA) is 14.2 Å². The van der Waals surface area contributed by atoms with E-state index in [-0.39, 0.29) is 0 Å². The van der Waals surface area contributed by atoms with Gasteiger partial charge in [-0.2, -0.15) is 0 Å². The average Bonchev–Trinajstić information content (AvgIpc) is 2.77. The Morgan fingerprint density at radius 2 is 1.90 bits per heavy atom. The van der Waals surface area contributed by atoms with Gasteiger partial charge in [0, 0.05) is 20.9 Å². The molecule has 0 atom stereocenters. The van der Waals surface area contributed by atoms with Gasteiger partial charge in [0.25, 0.3) is 0 Å². The summed E-state index contributed by atoms with van der Waals surface area (Å²) in [5.74, 6) is 1.01. The summed E-state index contributed by atoms with van der Waals surface area (Å²) in [5, 5.41) is 1.30. The van der Waals surface area contributed by atoms with Gasteiger partial charge < -0.3 is 9.30 Å². The number of hydrogen-bond acceptors (Lipinski definition) is 2. The molecule has 0 radical (unpaired) electrons. The van der Waals surface area contributed by atoms with Gasteiger partial charge in [-0.25, -0.2) is 0 Å². The number of rotatable bonds is 2. The molecule has 20 heavy (non-hydrogen) atoms. The van der Waals surface area contributed by atoms with Crippen LogP contribution in [0, 0.1) is 6.92 Å². The van der Waals surface area contributed by atoms with Crippen molar-refractivity contribution in [3.8, 4) is 5.75 Å². The van der Waals surface area contributed by atoms with Crippen LogP contribution in [0.15, 0.2) is 58.3 Å². The lowest BCUT2D eigenvalue weighted by atomic mass is 10.2. The highest BCUT2D eigenvalue weighted by Gasteiger charge is 2.20. The van der Waals surface area contributed by atoms with Crippen LogP contribution in [0.25, 0.3) is 10.9 Å². The quantitative estimate of drug-likeness (QED) is 0.687. The summed E-state index contributed by atoms with van der Waals surface area (Å²) >= 11 is 1.84. The second-order valence-electron chi connectivity index (χ2n) is 4.98. The molecular formula is C17H15NOS. The number of aromatic nitrogens is 1. The van der Waals surface area contributed by atoms with E-state index in [0.717, 1.165) is 18.9 Å². The van der Waals surface area contributed by atoms with Crippen molar-refractivity contribution in [3.05, 3.63) is 54.2 Å². The molecule has 3 heteroatoms. The van der Waals surface area contributed by atoms with E-state index in [9.17, 15) is 0 Å². The standard InChI is InChI=1S/C17H15NOS/c1-12-17(20-13-6-3-2-4-7-13)14-8-5-9-15-16(14)18(12)10-11-19-15/h2-9H,10-11H2,1H3. The normalized spacial score (nSPS) is 13.4. The third kappa shape index (κ3) is 1.74. The second kappa shape index (κ2) is 4.60. The molecule has 4 rings (SSSR count). The minimum absolute atomic E-state index is 0.761. The number of nitrogens with zero attached hydrogens (tertiary/aromatic N) is 1. The molecule has 0 spiro atoms. The molecule has 0 amide bonds. The van der Waals surface area contributed by atoms with Gasteiger partial charge in [-0.15, -0.1) is 0 Å². The van der Waals surface area contributed by atoms with Gasteiger partial charge in [0.05, 0.1) is 12.1 Å². The van der Waals surface area contributed by atoms with E-state index in [0.29, 0.717) is 0 Å². The molecule has 0 N–H and O–H groups in total. The number of ether oxygens (including phenoxy) is 1. The first kappa shape index (κ1) is 11.9. The van der Waals surface area contributed by atoms with E-state index in [1.807, 2.05) is 11.8 Å². The Kier molecular flexibility index (Phi) is 2.74. The van der Waals surface area contributed by atoms with E-state index >= 15 is 0 Å². The van der Waals surface area contributed by atoms with Crippen molar-refractivity contribution in [1.82, 2.24) is 4.57 Å². The molecule has 2 aromatic carbocycles. The third-order valence-corrected chi connectivity index (χ3v) is 5.01. The van der Waals surface area contributed by atoms with E-state index in [1.54, 1.807) is 0 Å². The molecule has 0 fully saturated rings. The Balaban J connectivity index is 1.92. The fourth-order valence-corrected chi connectivity index (χ4v) is 3.91. The predicted molar refractivity (Wildman–Crippen MR) is 82.7 cm³/mol. The molecule has 1 aromatic heterocycles. The van der Waals surface area contributed by atoms with E-state index in [2.05, 4.69) is 60.0 Å². The highest BCUT2D eigenvalue weighted by molar-refractivity contribution is 7.99. The van der Waals surface area contributed by atoms with Crippen LogP contribution in [0.2, 0.25) is 0 Å². The van der Waals surface area contributed by atoms with E-state index in [1.165, 1.54) is 26.4 Å². The molecule has 1 aliphatic heterocycles. The van der Waals surface area contributed by atoms with Crippen LogP contribution < -0.4 is 4.74 Å². The Morgan fingerprint density at radius 1 is 1.05 bits per heavy atom. The Bertz CT molecular complexity index is 777. The smallest absolute Gasteiger partial charge is 0.143 e. The molecule has 3 aromatic rings. The van der Waals surface area contributed by atoms with Crippen LogP contribution in [0.1, 0.15) is 5.69 Å². The fourth-order valence-electron chi connectivity index (χ4n) is 2.85. The van der Waals surface area contributed by atoms with Gasteiger partial charge in [-0.1, -0.05) is 42.1 Å². The van der Waals surface area contributed by atoms with Crippen molar-refractivity contribution in [2.45, 2.75) is 23.3 Å². The molecule has 2 nitrogen and oxygen atoms in total. The average molecular weight is 281 g/mol. The molecule has 0 unspecified atom stereocenters. The van der Waals surface area contributed by atoms with Crippen molar-refractivity contribution in [3.63, 3.8) is 0 Å². The zero-order valence-corrected chi connectivity index (χ0v) is 12.1. The minimum Gasteiger partial charge on any atom is -0.490 e. The lowest BCUT2D eigenvalue weighted by Crippen LogP contribution is -2.14. The summed E-state index contributed by atoms with van der Waals surface area (Å²) in [6.45, 7) is 3.91. The Morgan fingerprint density at radius 3 is 2.75 bits per heavy atom. The highest BCUT2D eigenvalue weighted by Crippen LogP contribution is 2.42. The molecule has 0 saturated heterocycles. The lowest BCUT2D eigenvalue weighted by molar-refractivity contribution is 0.285. The Hall–Kier alpha value is -1.87. The summed E-state index contributed by atoms with van der Waals surface area (Å²) < 4.78 is 8.17. The molecule has 0 bridgehead atoms. The summed E-state index contributed by atoms with van der Waals surface area (Å²) in [5.41, 5.74) is 2.58. The van der Waals surface area contributed by atoms with E-state index < -0.39 is 0 Å². The minimum atomic E-state index is 0.761. The third-order valence-electron chi connectivity index (χ3n) is 3.78. The zero-order chi connectivity index (χ0) is 13.5. The largest absolute Gasteiger partial charge is 0.490 e. The first-order valence-corrected chi connectivity index (χ1v) is 7.64. The maximum absolute atomic E-state index is 5.78. The van der Waals surface area contributed by atoms with Crippen LogP contribution in [-0.2, 0) is 6.54 Å². The molecule has 0 saturated carbocycles. The monoisotopic (exact) mass is 281 g/mol. The number of para-hydroxylation sites is 1. The second-order valence-corrected chi connectivity index (χ2v) is 6.07. The van der Waals surface area contributed by atoms with Gasteiger partial charge >= 0.3 is 0 Å². The summed E-state index contributed by atoms with van der Waals surface area (Å²) in [7, 11) is 0. The maximum atomic E-state index is 5.78. The van der Waals surface area contributed by atoms with Gasteiger partial charge in [0.15, 0.2) is 0 Å². The molecule has 0 aliphatic carbocycles. The van der Waals surface area contributed by atoms with Crippen molar-refractivity contribution >= 4 is 22.7 Å². The van der Waals surface area contributed by atoms with Gasteiger partial charge in [-0.05, 0) is 25.1 Å². The fraction of sp³-hybridized carbons (Fsp3) is 0.176. The number of benzene rings is 2. The van der Waals surface area contributed by atoms with Crippen LogP contribution in [0.5, 0.6) is 5.75 Å². The lowest BCUT2D eigenvalue weighted by Gasteiger charge is -2.17. The van der Waals surface area contributed by atoms with Crippen molar-refractivity contribution in [1.29, 1.82) is 0 Å². The van der Waals surface area contributed by atoms with Gasteiger partial charge in [0.1, 0.15) is 12.4 Å². The van der Waals surface area contributed by atoms with Crippen molar-refractivity contribution in [2.24, 2.45) is 0 Å². The zero-order valence-electron chi connectivity index (χ0n) is 11.3. The van der Waals surface area contributed by atoms with Gasteiger partial charge in [-0.3, -0.25) is 0 Å². The summed E-state index contributed by atoms with van der Waals surface area (Å²) in [4.78, 5) is 2.62. The maximum Gasteiger partial charge on any atom is 0.143 e. The van der Waals surface area contributed by atoms with Crippen LogP contribution in [-0.4, -0.2) is 11.2 Å². The molecule has 2 heterocycles. The molecular weight excluding hydrogens is 266 g/mol. The summed E-state index contributed by atoms with van der Waals surface area (Å²) in [6, 6.07) is 16.9. The van der Waals surface area contributed by atoms with Crippen LogP contribution in [0.3, 0.4) is 0 Å². The SMILES string of the molecule is Cc1c(Sc2ccccc2)c2cccc3c2n1CCO3. The first-order valence-electron chi connectivity index (χ1n) is 6.82. The van der Waals surface area contributed by atoms with Gasteiger partial charge in [0.2, 0.25) is 0 Å². The summed E-state index contributed by atoms with van der Waals surface area (Å²) in [6.07, 6.45) is 0. The van der Waals surface area contributed by atoms with Crippen molar-refractivity contribution < 1.29 is 4.74 Å². The van der Waals surface area contributed by atoms with E-state index in [4.69, 9.17) is 4.74 Å². The number of hydrogen-bond donors (Lipinski definition) is 0. The van der Waals surface area contributed by atoms with Crippen LogP contribution in [0.4, 0.5) is 0 Å². The highest BCUT2D eigenvalue weighted by atomic mass is 32.2. The predicted octanol–water partition coefficient (Wildman–Crippen LogP) is 4.49. The van der Waals surface area contributed by atoms with Crippen molar-refractivity contribution in [2.75, 3.05) is 6.61 Å². The molecule has 1 aliphatic rings.